The second-order valence-corrected chi connectivity index (χ2v) is 7.30. The van der Waals surface area contributed by atoms with Gasteiger partial charge in [-0.15, -0.1) is 11.8 Å². The van der Waals surface area contributed by atoms with Crippen molar-refractivity contribution in [2.24, 2.45) is 10.9 Å². The van der Waals surface area contributed by atoms with Crippen molar-refractivity contribution in [2.75, 3.05) is 11.6 Å². The van der Waals surface area contributed by atoms with Crippen LogP contribution in [0.25, 0.3) is 0 Å². The number of rotatable bonds is 6. The van der Waals surface area contributed by atoms with Crippen molar-refractivity contribution in [3.63, 3.8) is 0 Å². The van der Waals surface area contributed by atoms with Crippen LogP contribution in [-0.4, -0.2) is 50.9 Å². The average Bonchev–Trinajstić information content (AvgIpc) is 3.05. The van der Waals surface area contributed by atoms with Crippen molar-refractivity contribution in [2.45, 2.75) is 64.8 Å². The zero-order valence-electron chi connectivity index (χ0n) is 15.3. The smallest absolute Gasteiger partial charge is 0.407 e. The maximum absolute atomic E-state index is 11.7. The van der Waals surface area contributed by atoms with E-state index in [0.717, 1.165) is 30.7 Å². The molecule has 3 N–H and O–H groups in total. The van der Waals surface area contributed by atoms with Crippen LogP contribution in [0.2, 0.25) is 0 Å². The second-order valence-electron chi connectivity index (χ2n) is 6.47. The maximum atomic E-state index is 11.7. The third-order valence-corrected chi connectivity index (χ3v) is 4.89. The summed E-state index contributed by atoms with van der Waals surface area (Å²) in [6, 6.07) is 0.190. The topological polar surface area (TPSA) is 104 Å². The largest absolute Gasteiger partial charge is 0.447 e. The van der Waals surface area contributed by atoms with Crippen LogP contribution in [0.3, 0.4) is 0 Å². The molecule has 0 bridgehead atoms. The number of nitrogens with zero attached hydrogens (tertiary/aromatic N) is 3. The lowest BCUT2D eigenvalue weighted by molar-refractivity contribution is 0.109. The van der Waals surface area contributed by atoms with Crippen molar-refractivity contribution >= 4 is 28.8 Å². The van der Waals surface area contributed by atoms with E-state index in [-0.39, 0.29) is 24.4 Å². The van der Waals surface area contributed by atoms with Crippen molar-refractivity contribution in [3.8, 4) is 0 Å². The second kappa shape index (κ2) is 9.65. The number of ether oxygens (including phenoxy) is 1. The molecule has 1 fully saturated rings. The summed E-state index contributed by atoms with van der Waals surface area (Å²) >= 11 is 1.69. The first-order valence-corrected chi connectivity index (χ1v) is 9.91. The van der Waals surface area contributed by atoms with E-state index >= 15 is 0 Å². The fourth-order valence-corrected chi connectivity index (χ4v) is 3.75. The molecule has 0 spiro atoms. The molecule has 1 amide bonds. The van der Waals surface area contributed by atoms with E-state index in [1.54, 1.807) is 11.8 Å². The third kappa shape index (κ3) is 6.56. The van der Waals surface area contributed by atoms with Gasteiger partial charge in [-0.1, -0.05) is 0 Å². The summed E-state index contributed by atoms with van der Waals surface area (Å²) in [6.07, 6.45) is 6.96. The van der Waals surface area contributed by atoms with Gasteiger partial charge in [-0.05, 0) is 52.7 Å². The van der Waals surface area contributed by atoms with Gasteiger partial charge in [0.15, 0.2) is 0 Å². The molecular formula is C16H28N6O2S. The summed E-state index contributed by atoms with van der Waals surface area (Å²) in [5.41, 5.74) is 0. The van der Waals surface area contributed by atoms with Gasteiger partial charge in [-0.25, -0.2) is 9.89 Å². The minimum Gasteiger partial charge on any atom is -0.447 e. The molecule has 1 heterocycles. The van der Waals surface area contributed by atoms with E-state index in [9.17, 15) is 4.79 Å². The maximum Gasteiger partial charge on any atom is 0.407 e. The van der Waals surface area contributed by atoms with E-state index in [4.69, 9.17) is 9.73 Å². The Labute approximate surface area is 153 Å². The number of carbonyl (C=O) groups is 1. The Kier molecular flexibility index (Phi) is 7.54. The van der Waals surface area contributed by atoms with E-state index in [2.05, 4.69) is 32.1 Å². The Bertz CT molecular complexity index is 555. The Hall–Kier alpha value is -1.77. The zero-order valence-corrected chi connectivity index (χ0v) is 16.1. The summed E-state index contributed by atoms with van der Waals surface area (Å²) in [4.78, 5) is 20.5. The fraction of sp³-hybridized carbons (Fsp3) is 0.750. The number of nitrogens with one attached hydrogen (secondary N) is 3. The summed E-state index contributed by atoms with van der Waals surface area (Å²) in [6.45, 7) is 5.70. The number of alkyl carbamates (subject to hydrolysis) is 1. The quantitative estimate of drug-likeness (QED) is 0.527. The van der Waals surface area contributed by atoms with Gasteiger partial charge in [0, 0.05) is 12.0 Å². The number of aliphatic imine (C=N–C) groups is 1. The van der Waals surface area contributed by atoms with Gasteiger partial charge < -0.3 is 15.4 Å². The predicted molar refractivity (Wildman–Crippen MR) is 101 cm³/mol. The lowest BCUT2D eigenvalue weighted by atomic mass is 9.86. The van der Waals surface area contributed by atoms with Crippen molar-refractivity contribution in [1.82, 2.24) is 20.5 Å². The number of aromatic nitrogens is 3. The summed E-state index contributed by atoms with van der Waals surface area (Å²) in [5.74, 6) is 1.06. The number of thioether (sulfide) groups is 1. The van der Waals surface area contributed by atoms with E-state index < -0.39 is 0 Å². The van der Waals surface area contributed by atoms with Crippen molar-refractivity contribution in [3.05, 3.63) is 6.33 Å². The zero-order chi connectivity index (χ0) is 18.2. The van der Waals surface area contributed by atoms with Gasteiger partial charge in [-0.2, -0.15) is 10.1 Å². The van der Waals surface area contributed by atoms with E-state index in [1.165, 1.54) is 6.33 Å². The molecule has 0 aliphatic heterocycles. The van der Waals surface area contributed by atoms with Crippen LogP contribution in [0.1, 0.15) is 46.5 Å². The summed E-state index contributed by atoms with van der Waals surface area (Å²) < 4.78 is 5.15. The number of amides is 1. The highest BCUT2D eigenvalue weighted by Gasteiger charge is 2.26. The summed E-state index contributed by atoms with van der Waals surface area (Å²) in [7, 11) is 0. The highest BCUT2D eigenvalue weighted by molar-refractivity contribution is 8.13. The number of aromatic amines is 1. The van der Waals surface area contributed by atoms with Crippen LogP contribution in [0.4, 0.5) is 10.7 Å². The summed E-state index contributed by atoms with van der Waals surface area (Å²) in [5, 5.41) is 13.9. The van der Waals surface area contributed by atoms with Gasteiger partial charge in [-0.3, -0.25) is 4.99 Å². The first-order chi connectivity index (χ1) is 12.0. The molecule has 0 saturated heterocycles. The molecule has 1 unspecified atom stereocenters. The monoisotopic (exact) mass is 368 g/mol. The van der Waals surface area contributed by atoms with Crippen LogP contribution in [0.5, 0.6) is 0 Å². The minimum atomic E-state index is -0.318. The Balaban J connectivity index is 1.82. The first-order valence-electron chi connectivity index (χ1n) is 8.68. The number of hydrogen-bond acceptors (Lipinski definition) is 7. The van der Waals surface area contributed by atoms with E-state index in [0.29, 0.717) is 11.9 Å². The van der Waals surface area contributed by atoms with Gasteiger partial charge in [0.2, 0.25) is 5.95 Å². The molecule has 25 heavy (non-hydrogen) atoms. The van der Waals surface area contributed by atoms with Crippen molar-refractivity contribution in [1.29, 1.82) is 0 Å². The number of H-pyrrole nitrogens is 1. The Morgan fingerprint density at radius 1 is 1.36 bits per heavy atom. The minimum absolute atomic E-state index is 0.0766. The fourth-order valence-electron chi connectivity index (χ4n) is 2.92. The number of hydrogen-bond donors (Lipinski definition) is 3. The standard InChI is InChI=1S/C16H28N6O2S/c1-10(2)24-16(23)21-13-7-5-12(6-8-13)14(25-4)19-11(3)20-15-17-9-18-22-15/h9-13H,5-8H2,1-4H3,(H,21,23)(H2,17,18,20,22). The highest BCUT2D eigenvalue weighted by atomic mass is 32.2. The number of carbonyl (C=O) groups excluding carboxylic acids is 1. The van der Waals surface area contributed by atoms with Crippen molar-refractivity contribution < 1.29 is 9.53 Å². The average molecular weight is 369 g/mol. The molecule has 140 valence electrons. The Morgan fingerprint density at radius 2 is 2.08 bits per heavy atom. The molecule has 1 aliphatic carbocycles. The predicted octanol–water partition coefficient (Wildman–Crippen LogP) is 3.02. The van der Waals surface area contributed by atoms with Crippen LogP contribution >= 0.6 is 11.8 Å². The van der Waals surface area contributed by atoms with E-state index in [1.807, 2.05) is 20.8 Å². The van der Waals surface area contributed by atoms with Gasteiger partial charge in [0.25, 0.3) is 0 Å². The van der Waals surface area contributed by atoms with Gasteiger partial charge >= 0.3 is 6.09 Å². The molecule has 1 aliphatic rings. The Morgan fingerprint density at radius 3 is 2.64 bits per heavy atom. The molecule has 1 aromatic rings. The molecule has 0 aromatic carbocycles. The molecule has 1 saturated carbocycles. The molecule has 0 radical (unpaired) electrons. The van der Waals surface area contributed by atoms with Gasteiger partial charge in [0.05, 0.1) is 11.1 Å². The number of anilines is 1. The molecular weight excluding hydrogens is 340 g/mol. The first kappa shape index (κ1) is 19.6. The molecule has 9 heteroatoms. The highest BCUT2D eigenvalue weighted by Crippen LogP contribution is 2.29. The normalized spacial score (nSPS) is 22.5. The molecule has 1 aromatic heterocycles. The lowest BCUT2D eigenvalue weighted by Crippen LogP contribution is -2.39. The SMILES string of the molecule is CSC(=NC(C)Nc1ncn[nH]1)C1CCC(NC(=O)OC(C)C)CC1. The van der Waals surface area contributed by atoms with Crippen LogP contribution in [0, 0.1) is 5.92 Å². The molecule has 1 atom stereocenters. The van der Waals surface area contributed by atoms with Crippen LogP contribution in [-0.2, 0) is 4.74 Å². The molecule has 2 rings (SSSR count). The van der Waals surface area contributed by atoms with Gasteiger partial charge in [0.1, 0.15) is 12.5 Å². The molecule has 8 nitrogen and oxygen atoms in total. The third-order valence-electron chi connectivity index (χ3n) is 4.03. The lowest BCUT2D eigenvalue weighted by Gasteiger charge is -2.29. The van der Waals surface area contributed by atoms with Crippen LogP contribution in [0.15, 0.2) is 11.3 Å². The van der Waals surface area contributed by atoms with Crippen LogP contribution < -0.4 is 10.6 Å².